The molecule has 1 saturated heterocycles. The fourth-order valence-electron chi connectivity index (χ4n) is 3.01. The Balaban J connectivity index is 1.48. The highest BCUT2D eigenvalue weighted by molar-refractivity contribution is 7.13. The van der Waals surface area contributed by atoms with Gasteiger partial charge in [0.15, 0.2) is 5.13 Å². The van der Waals surface area contributed by atoms with Crippen LogP contribution in [0.25, 0.3) is 0 Å². The molecule has 2 aromatic rings. The van der Waals surface area contributed by atoms with Crippen LogP contribution in [0, 0.1) is 0 Å². The van der Waals surface area contributed by atoms with Gasteiger partial charge in [-0.1, -0.05) is 12.1 Å². The SMILES string of the molecule is CCOc1ccc(CC(=O)NC[C@H]2CCCN2c2nccs2)cc1. The van der Waals surface area contributed by atoms with E-state index in [0.29, 0.717) is 25.6 Å². The van der Waals surface area contributed by atoms with Gasteiger partial charge in [0.1, 0.15) is 5.75 Å². The molecule has 1 N–H and O–H groups in total. The number of anilines is 1. The monoisotopic (exact) mass is 345 g/mol. The Bertz CT molecular complexity index is 643. The maximum atomic E-state index is 12.2. The highest BCUT2D eigenvalue weighted by Gasteiger charge is 2.26. The van der Waals surface area contributed by atoms with E-state index < -0.39 is 0 Å². The molecule has 128 valence electrons. The highest BCUT2D eigenvalue weighted by Crippen LogP contribution is 2.26. The van der Waals surface area contributed by atoms with E-state index in [2.05, 4.69) is 15.2 Å². The number of ether oxygens (including phenoxy) is 1. The molecule has 6 heteroatoms. The Hall–Kier alpha value is -2.08. The maximum absolute atomic E-state index is 12.2. The van der Waals surface area contributed by atoms with Gasteiger partial charge in [-0.25, -0.2) is 4.98 Å². The molecule has 1 aromatic carbocycles. The number of hydrogen-bond donors (Lipinski definition) is 1. The molecule has 0 saturated carbocycles. The zero-order valence-corrected chi connectivity index (χ0v) is 14.7. The Morgan fingerprint density at radius 3 is 2.96 bits per heavy atom. The van der Waals surface area contributed by atoms with Crippen molar-refractivity contribution in [3.05, 3.63) is 41.4 Å². The summed E-state index contributed by atoms with van der Waals surface area (Å²) in [5.41, 5.74) is 0.999. The minimum Gasteiger partial charge on any atom is -0.494 e. The summed E-state index contributed by atoms with van der Waals surface area (Å²) in [6.07, 6.45) is 4.48. The van der Waals surface area contributed by atoms with Gasteiger partial charge in [0.05, 0.1) is 13.0 Å². The van der Waals surface area contributed by atoms with Crippen LogP contribution in [-0.4, -0.2) is 36.6 Å². The van der Waals surface area contributed by atoms with Crippen LogP contribution in [0.2, 0.25) is 0 Å². The summed E-state index contributed by atoms with van der Waals surface area (Å²) in [5, 5.41) is 6.12. The van der Waals surface area contributed by atoms with E-state index in [-0.39, 0.29) is 5.91 Å². The number of carbonyl (C=O) groups excluding carboxylic acids is 1. The number of amides is 1. The van der Waals surface area contributed by atoms with Crippen molar-refractivity contribution in [3.8, 4) is 5.75 Å². The van der Waals surface area contributed by atoms with Crippen LogP contribution in [0.5, 0.6) is 5.75 Å². The standard InChI is InChI=1S/C18H23N3O2S/c1-2-23-16-7-5-14(6-8-16)12-17(22)20-13-15-4-3-10-21(15)18-19-9-11-24-18/h5-9,11,15H,2-4,10,12-13H2,1H3,(H,20,22)/t15-/m1/s1. The predicted octanol–water partition coefficient (Wildman–Crippen LogP) is 2.87. The van der Waals surface area contributed by atoms with Gasteiger partial charge in [0.2, 0.25) is 5.91 Å². The minimum absolute atomic E-state index is 0.0603. The van der Waals surface area contributed by atoms with Crippen LogP contribution in [0.4, 0.5) is 5.13 Å². The molecule has 1 fully saturated rings. The Morgan fingerprint density at radius 2 is 2.25 bits per heavy atom. The first-order chi connectivity index (χ1) is 11.8. The van der Waals surface area contributed by atoms with Gasteiger partial charge >= 0.3 is 0 Å². The maximum Gasteiger partial charge on any atom is 0.224 e. The first kappa shape index (κ1) is 16.8. The molecule has 0 unspecified atom stereocenters. The number of nitrogens with zero attached hydrogens (tertiary/aromatic N) is 2. The van der Waals surface area contributed by atoms with Gasteiger partial charge in [0, 0.05) is 30.7 Å². The second-order valence-electron chi connectivity index (χ2n) is 5.86. The summed E-state index contributed by atoms with van der Waals surface area (Å²) in [6, 6.07) is 8.06. The Kier molecular flexibility index (Phi) is 5.69. The number of thiazole rings is 1. The number of hydrogen-bond acceptors (Lipinski definition) is 5. The van der Waals surface area contributed by atoms with Gasteiger partial charge in [-0.3, -0.25) is 4.79 Å². The van der Waals surface area contributed by atoms with E-state index in [1.807, 2.05) is 42.8 Å². The molecule has 1 aliphatic heterocycles. The molecule has 0 aliphatic carbocycles. The smallest absolute Gasteiger partial charge is 0.224 e. The van der Waals surface area contributed by atoms with Crippen molar-refractivity contribution in [1.29, 1.82) is 0 Å². The molecule has 0 radical (unpaired) electrons. The third-order valence-corrected chi connectivity index (χ3v) is 4.98. The van der Waals surface area contributed by atoms with Crippen molar-refractivity contribution in [3.63, 3.8) is 0 Å². The molecule has 2 heterocycles. The quantitative estimate of drug-likeness (QED) is 0.838. The third-order valence-electron chi connectivity index (χ3n) is 4.18. The summed E-state index contributed by atoms with van der Waals surface area (Å²) < 4.78 is 5.42. The van der Waals surface area contributed by atoms with Crippen molar-refractivity contribution in [2.75, 3.05) is 24.6 Å². The van der Waals surface area contributed by atoms with E-state index >= 15 is 0 Å². The minimum atomic E-state index is 0.0603. The van der Waals surface area contributed by atoms with E-state index in [1.165, 1.54) is 0 Å². The predicted molar refractivity (Wildman–Crippen MR) is 96.8 cm³/mol. The third kappa shape index (κ3) is 4.26. The van der Waals surface area contributed by atoms with E-state index in [1.54, 1.807) is 11.3 Å². The molecule has 1 atom stereocenters. The largest absolute Gasteiger partial charge is 0.494 e. The van der Waals surface area contributed by atoms with Crippen molar-refractivity contribution in [1.82, 2.24) is 10.3 Å². The van der Waals surface area contributed by atoms with Gasteiger partial charge in [0.25, 0.3) is 0 Å². The first-order valence-electron chi connectivity index (χ1n) is 8.41. The second-order valence-corrected chi connectivity index (χ2v) is 6.73. The van der Waals surface area contributed by atoms with E-state index in [4.69, 9.17) is 4.74 Å². The number of rotatable bonds is 7. The number of aromatic nitrogens is 1. The van der Waals surface area contributed by atoms with Crippen LogP contribution in [0.15, 0.2) is 35.8 Å². The second kappa shape index (κ2) is 8.15. The molecule has 1 amide bonds. The van der Waals surface area contributed by atoms with E-state index in [9.17, 15) is 4.79 Å². The van der Waals surface area contributed by atoms with Crippen molar-refractivity contribution < 1.29 is 9.53 Å². The summed E-state index contributed by atoms with van der Waals surface area (Å²) >= 11 is 1.66. The summed E-state index contributed by atoms with van der Waals surface area (Å²) in [7, 11) is 0. The fraction of sp³-hybridized carbons (Fsp3) is 0.444. The van der Waals surface area contributed by atoms with Crippen LogP contribution < -0.4 is 15.0 Å². The fourth-order valence-corrected chi connectivity index (χ4v) is 3.75. The van der Waals surface area contributed by atoms with Crippen LogP contribution in [0.3, 0.4) is 0 Å². The van der Waals surface area contributed by atoms with Crippen molar-refractivity contribution in [2.24, 2.45) is 0 Å². The molecule has 0 bridgehead atoms. The molecule has 1 aromatic heterocycles. The normalized spacial score (nSPS) is 17.0. The molecule has 1 aliphatic rings. The lowest BCUT2D eigenvalue weighted by Crippen LogP contribution is -2.40. The molecular weight excluding hydrogens is 322 g/mol. The number of nitrogens with one attached hydrogen (secondary N) is 1. The topological polar surface area (TPSA) is 54.5 Å². The summed E-state index contributed by atoms with van der Waals surface area (Å²) in [6.45, 7) is 4.30. The average Bonchev–Trinajstić information content (AvgIpc) is 3.26. The van der Waals surface area contributed by atoms with Crippen LogP contribution in [-0.2, 0) is 11.2 Å². The number of carbonyl (C=O) groups is 1. The van der Waals surface area contributed by atoms with Crippen molar-refractivity contribution >= 4 is 22.4 Å². The molecule has 24 heavy (non-hydrogen) atoms. The van der Waals surface area contributed by atoms with Gasteiger partial charge in [-0.15, -0.1) is 11.3 Å². The van der Waals surface area contributed by atoms with Crippen LogP contribution >= 0.6 is 11.3 Å². The van der Waals surface area contributed by atoms with Gasteiger partial charge in [-0.2, -0.15) is 0 Å². The Labute approximate surface area is 146 Å². The molecule has 0 spiro atoms. The van der Waals surface area contributed by atoms with Crippen molar-refractivity contribution in [2.45, 2.75) is 32.2 Å². The average molecular weight is 345 g/mol. The first-order valence-corrected chi connectivity index (χ1v) is 9.29. The zero-order chi connectivity index (χ0) is 16.8. The van der Waals surface area contributed by atoms with E-state index in [0.717, 1.165) is 35.8 Å². The lowest BCUT2D eigenvalue weighted by atomic mass is 10.1. The Morgan fingerprint density at radius 1 is 1.42 bits per heavy atom. The highest BCUT2D eigenvalue weighted by atomic mass is 32.1. The summed E-state index contributed by atoms with van der Waals surface area (Å²) in [4.78, 5) is 18.9. The van der Waals surface area contributed by atoms with Gasteiger partial charge < -0.3 is 15.0 Å². The van der Waals surface area contributed by atoms with Crippen LogP contribution in [0.1, 0.15) is 25.3 Å². The lowest BCUT2D eigenvalue weighted by molar-refractivity contribution is -0.120. The molecular formula is C18H23N3O2S. The molecule has 3 rings (SSSR count). The van der Waals surface area contributed by atoms with Gasteiger partial charge in [-0.05, 0) is 37.5 Å². The summed E-state index contributed by atoms with van der Waals surface area (Å²) in [5.74, 6) is 0.900. The number of benzene rings is 1. The lowest BCUT2D eigenvalue weighted by Gasteiger charge is -2.24. The molecule has 5 nitrogen and oxygen atoms in total. The zero-order valence-electron chi connectivity index (χ0n) is 13.9.